The lowest BCUT2D eigenvalue weighted by Gasteiger charge is -2.05. The Morgan fingerprint density at radius 2 is 2.00 bits per heavy atom. The molecule has 0 radical (unpaired) electrons. The number of hydrogen-bond donors (Lipinski definition) is 1. The molecule has 7 nitrogen and oxygen atoms in total. The van der Waals surface area contributed by atoms with E-state index in [0.29, 0.717) is 34.5 Å². The van der Waals surface area contributed by atoms with Gasteiger partial charge < -0.3 is 9.26 Å². The number of nitrogens with zero attached hydrogens (tertiary/aromatic N) is 2. The van der Waals surface area contributed by atoms with Crippen LogP contribution in [0.4, 0.5) is 0 Å². The van der Waals surface area contributed by atoms with E-state index in [9.17, 15) is 8.42 Å². The summed E-state index contributed by atoms with van der Waals surface area (Å²) in [7, 11) is -2.03. The van der Waals surface area contributed by atoms with Crippen molar-refractivity contribution in [3.8, 4) is 17.1 Å². The Bertz CT molecular complexity index is 1070. The summed E-state index contributed by atoms with van der Waals surface area (Å²) in [6.07, 6.45) is 0.598. The predicted molar refractivity (Wildman–Crippen MR) is 99.2 cm³/mol. The van der Waals surface area contributed by atoms with Crippen molar-refractivity contribution in [2.75, 3.05) is 7.11 Å². The molecule has 0 unspecified atom stereocenters. The van der Waals surface area contributed by atoms with Gasteiger partial charge in [-0.05, 0) is 36.8 Å². The fourth-order valence-corrected chi connectivity index (χ4v) is 4.30. The standard InChI is InChI=1S/C18H16ClN3O4S/c1-25-16-8-7-11(19)9-14(16)17-20-18(26-21-17)13-10-15(13)22-27(23,24)12-5-3-2-4-6-12/h2-9,13,15,22H,10H2,1H3/t13-,15-/m1/s1. The SMILES string of the molecule is COc1ccc(Cl)cc1-c1noc([C@@H]2C[C@H]2NS(=O)(=O)c2ccccc2)n1. The van der Waals surface area contributed by atoms with E-state index < -0.39 is 10.0 Å². The van der Waals surface area contributed by atoms with Crippen molar-refractivity contribution >= 4 is 21.6 Å². The van der Waals surface area contributed by atoms with Crippen molar-refractivity contribution in [3.63, 3.8) is 0 Å². The number of aromatic nitrogens is 2. The van der Waals surface area contributed by atoms with Gasteiger partial charge in [-0.2, -0.15) is 4.98 Å². The number of benzene rings is 2. The molecule has 1 aliphatic rings. The third kappa shape index (κ3) is 3.69. The largest absolute Gasteiger partial charge is 0.496 e. The van der Waals surface area contributed by atoms with Gasteiger partial charge in [-0.3, -0.25) is 0 Å². The third-order valence-electron chi connectivity index (χ3n) is 4.31. The Kier molecular flexibility index (Phi) is 4.63. The van der Waals surface area contributed by atoms with Crippen molar-refractivity contribution in [3.05, 3.63) is 59.4 Å². The van der Waals surface area contributed by atoms with Crippen LogP contribution < -0.4 is 9.46 Å². The van der Waals surface area contributed by atoms with Crippen LogP contribution in [0.25, 0.3) is 11.4 Å². The van der Waals surface area contributed by atoms with Crippen molar-refractivity contribution in [2.24, 2.45) is 0 Å². The molecule has 9 heteroatoms. The summed E-state index contributed by atoms with van der Waals surface area (Å²) in [6.45, 7) is 0. The number of sulfonamides is 1. The Balaban J connectivity index is 1.51. The number of nitrogens with one attached hydrogen (secondary N) is 1. The molecule has 1 aromatic heterocycles. The van der Waals surface area contributed by atoms with Gasteiger partial charge in [-0.25, -0.2) is 13.1 Å². The van der Waals surface area contributed by atoms with Crippen LogP contribution in [-0.2, 0) is 10.0 Å². The molecule has 1 saturated carbocycles. The van der Waals surface area contributed by atoms with E-state index in [1.54, 1.807) is 55.6 Å². The molecule has 1 N–H and O–H groups in total. The summed E-state index contributed by atoms with van der Waals surface area (Å²) in [5.41, 5.74) is 0.613. The van der Waals surface area contributed by atoms with E-state index in [-0.39, 0.29) is 16.9 Å². The Hall–Kier alpha value is -2.42. The highest BCUT2D eigenvalue weighted by Gasteiger charge is 2.45. The fourth-order valence-electron chi connectivity index (χ4n) is 2.82. The van der Waals surface area contributed by atoms with Gasteiger partial charge in [0, 0.05) is 11.1 Å². The topological polar surface area (TPSA) is 94.3 Å². The number of methoxy groups -OCH3 is 1. The van der Waals surface area contributed by atoms with Crippen molar-refractivity contribution in [1.82, 2.24) is 14.9 Å². The van der Waals surface area contributed by atoms with E-state index in [0.717, 1.165) is 0 Å². The number of hydrogen-bond acceptors (Lipinski definition) is 6. The van der Waals surface area contributed by atoms with Gasteiger partial charge in [-0.1, -0.05) is 35.0 Å². The monoisotopic (exact) mass is 405 g/mol. The number of rotatable bonds is 6. The first-order valence-corrected chi connectivity index (χ1v) is 10.1. The zero-order valence-electron chi connectivity index (χ0n) is 14.3. The Labute approximate surface area is 161 Å². The minimum absolute atomic E-state index is 0.157. The van der Waals surface area contributed by atoms with Gasteiger partial charge in [0.2, 0.25) is 21.7 Å². The normalized spacial score (nSPS) is 19.0. The zero-order chi connectivity index (χ0) is 19.0. The molecule has 0 amide bonds. The second-order valence-electron chi connectivity index (χ2n) is 6.18. The van der Waals surface area contributed by atoms with E-state index in [4.69, 9.17) is 20.9 Å². The minimum Gasteiger partial charge on any atom is -0.496 e. The average Bonchev–Trinajstić information content (AvgIpc) is 3.24. The lowest BCUT2D eigenvalue weighted by Crippen LogP contribution is -2.26. The molecular weight excluding hydrogens is 390 g/mol. The Morgan fingerprint density at radius 3 is 2.74 bits per heavy atom. The molecule has 0 spiro atoms. The summed E-state index contributed by atoms with van der Waals surface area (Å²) in [4.78, 5) is 4.62. The molecule has 3 aromatic rings. The molecule has 1 aliphatic carbocycles. The molecule has 1 heterocycles. The van der Waals surface area contributed by atoms with Gasteiger partial charge in [0.1, 0.15) is 5.75 Å². The molecule has 27 heavy (non-hydrogen) atoms. The van der Waals surface area contributed by atoms with Crippen LogP contribution in [0.2, 0.25) is 5.02 Å². The van der Waals surface area contributed by atoms with Crippen LogP contribution in [-0.4, -0.2) is 31.7 Å². The quantitative estimate of drug-likeness (QED) is 0.676. The second-order valence-corrected chi connectivity index (χ2v) is 8.33. The smallest absolute Gasteiger partial charge is 0.240 e. The van der Waals surface area contributed by atoms with Crippen molar-refractivity contribution in [1.29, 1.82) is 0 Å². The van der Waals surface area contributed by atoms with E-state index in [2.05, 4.69) is 14.9 Å². The van der Waals surface area contributed by atoms with Crippen LogP contribution in [0, 0.1) is 0 Å². The summed E-state index contributed by atoms with van der Waals surface area (Å²) >= 11 is 6.04. The predicted octanol–water partition coefficient (Wildman–Crippen LogP) is 3.23. The maximum absolute atomic E-state index is 12.4. The van der Waals surface area contributed by atoms with E-state index >= 15 is 0 Å². The minimum atomic E-state index is -3.58. The van der Waals surface area contributed by atoms with Gasteiger partial charge in [0.25, 0.3) is 0 Å². The van der Waals surface area contributed by atoms with Gasteiger partial charge >= 0.3 is 0 Å². The molecule has 140 valence electrons. The molecule has 4 rings (SSSR count). The summed E-state index contributed by atoms with van der Waals surface area (Å²) < 4.78 is 38.1. The lowest BCUT2D eigenvalue weighted by atomic mass is 10.2. The van der Waals surface area contributed by atoms with Crippen molar-refractivity contribution < 1.29 is 17.7 Å². The van der Waals surface area contributed by atoms with Gasteiger partial charge in [0.15, 0.2) is 0 Å². The summed E-state index contributed by atoms with van der Waals surface area (Å²) in [5.74, 6) is 1.15. The summed E-state index contributed by atoms with van der Waals surface area (Å²) in [5, 5.41) is 4.51. The average molecular weight is 406 g/mol. The maximum atomic E-state index is 12.4. The zero-order valence-corrected chi connectivity index (χ0v) is 15.9. The lowest BCUT2D eigenvalue weighted by molar-refractivity contribution is 0.377. The molecule has 0 saturated heterocycles. The molecule has 2 aromatic carbocycles. The van der Waals surface area contributed by atoms with E-state index in [1.807, 2.05) is 0 Å². The van der Waals surface area contributed by atoms with Crippen LogP contribution in [0.1, 0.15) is 18.2 Å². The third-order valence-corrected chi connectivity index (χ3v) is 6.05. The molecular formula is C18H16ClN3O4S. The first-order valence-electron chi connectivity index (χ1n) is 8.23. The molecule has 0 bridgehead atoms. The highest BCUT2D eigenvalue weighted by molar-refractivity contribution is 7.89. The molecule has 1 fully saturated rings. The molecule has 2 atom stereocenters. The first kappa shape index (κ1) is 18.0. The number of halogens is 1. The van der Waals surface area contributed by atoms with Gasteiger partial charge in [-0.15, -0.1) is 0 Å². The fraction of sp³-hybridized carbons (Fsp3) is 0.222. The van der Waals surface area contributed by atoms with Crippen molar-refractivity contribution in [2.45, 2.75) is 23.3 Å². The van der Waals surface area contributed by atoms with Crippen LogP contribution in [0.15, 0.2) is 57.9 Å². The van der Waals surface area contributed by atoms with Crippen LogP contribution >= 0.6 is 11.6 Å². The van der Waals surface area contributed by atoms with E-state index in [1.165, 1.54) is 0 Å². The second kappa shape index (κ2) is 6.95. The van der Waals surface area contributed by atoms with Crippen LogP contribution in [0.3, 0.4) is 0 Å². The highest BCUT2D eigenvalue weighted by atomic mass is 35.5. The highest BCUT2D eigenvalue weighted by Crippen LogP contribution is 2.42. The van der Waals surface area contributed by atoms with Gasteiger partial charge in [0.05, 0.1) is 23.5 Å². The number of ether oxygens (including phenoxy) is 1. The van der Waals surface area contributed by atoms with Crippen LogP contribution in [0.5, 0.6) is 5.75 Å². The first-order chi connectivity index (χ1) is 13.0. The molecule has 0 aliphatic heterocycles. The maximum Gasteiger partial charge on any atom is 0.240 e. The Morgan fingerprint density at radius 1 is 1.22 bits per heavy atom. The summed E-state index contributed by atoms with van der Waals surface area (Å²) in [6, 6.07) is 13.1.